The average molecular weight is 709 g/mol. The largest absolute Gasteiger partial charge is 0.387 e. The molecule has 45 heavy (non-hydrogen) atoms. The van der Waals surface area contributed by atoms with Crippen LogP contribution in [0.1, 0.15) is 12.5 Å². The van der Waals surface area contributed by atoms with Gasteiger partial charge in [-0.3, -0.25) is 32.5 Å². The van der Waals surface area contributed by atoms with Gasteiger partial charge in [0.1, 0.15) is 42.4 Å². The molecule has 0 spiro atoms. The van der Waals surface area contributed by atoms with Gasteiger partial charge in [-0.25, -0.2) is 28.9 Å². The second kappa shape index (κ2) is 11.2. The first-order valence-electron chi connectivity index (χ1n) is 12.9. The SMILES string of the molecule is Nc1nc2c(ncn2[C@@H]2OC3COP(O)(=S)O[C@@H]4[C@H](O)[C@@H](COP(=O)(S)O[C@H]3[C@H]2F)O[C@H]4n2cnc3c(N)ncnc32)c(=O)[nH]1. The second-order valence-corrected chi connectivity index (χ2v) is 15.8. The molecule has 0 saturated carbocycles. The van der Waals surface area contributed by atoms with Crippen molar-refractivity contribution in [3.05, 3.63) is 29.3 Å². The number of halogens is 1. The van der Waals surface area contributed by atoms with E-state index in [2.05, 4.69) is 42.2 Å². The highest BCUT2D eigenvalue weighted by Gasteiger charge is 2.53. The number of hydrogen-bond acceptors (Lipinski definition) is 17. The van der Waals surface area contributed by atoms with Crippen molar-refractivity contribution < 1.29 is 46.5 Å². The van der Waals surface area contributed by atoms with Crippen molar-refractivity contribution in [1.29, 1.82) is 0 Å². The molecule has 0 aromatic carbocycles. The summed E-state index contributed by atoms with van der Waals surface area (Å²) in [5.74, 6) is -0.181. The molecular weight excluding hydrogens is 685 g/mol. The lowest BCUT2D eigenvalue weighted by Gasteiger charge is -2.27. The van der Waals surface area contributed by atoms with E-state index in [1.165, 1.54) is 17.2 Å². The van der Waals surface area contributed by atoms with Crippen LogP contribution in [0.3, 0.4) is 0 Å². The van der Waals surface area contributed by atoms with Gasteiger partial charge in [0.15, 0.2) is 41.3 Å². The molecule has 0 aliphatic carbocycles. The minimum Gasteiger partial charge on any atom is -0.387 e. The van der Waals surface area contributed by atoms with Crippen LogP contribution in [-0.4, -0.2) is 98.9 Å². The molecule has 25 heteroatoms. The number of fused-ring (bicyclic) bond motifs is 5. The Morgan fingerprint density at radius 2 is 1.69 bits per heavy atom. The van der Waals surface area contributed by atoms with E-state index in [1.807, 2.05) is 0 Å². The summed E-state index contributed by atoms with van der Waals surface area (Å²) in [5, 5.41) is 11.1. The summed E-state index contributed by atoms with van der Waals surface area (Å²) >= 11 is 9.22. The fraction of sp³-hybridized carbons (Fsp3) is 0.500. The van der Waals surface area contributed by atoms with E-state index >= 15 is 4.39 Å². The summed E-state index contributed by atoms with van der Waals surface area (Å²) in [5.41, 5.74) is 11.1. The molecule has 4 aromatic rings. The Morgan fingerprint density at radius 1 is 1.00 bits per heavy atom. The van der Waals surface area contributed by atoms with Gasteiger partial charge < -0.3 is 35.5 Å². The maximum absolute atomic E-state index is 16.0. The fourth-order valence-corrected chi connectivity index (χ4v) is 8.16. The molecule has 3 aliphatic rings. The Kier molecular flexibility index (Phi) is 7.74. The number of aromatic nitrogens is 8. The molecule has 7 heterocycles. The number of rotatable bonds is 2. The van der Waals surface area contributed by atoms with Gasteiger partial charge in [-0.2, -0.15) is 4.98 Å². The highest BCUT2D eigenvalue weighted by atomic mass is 32.7. The fourth-order valence-electron chi connectivity index (χ4n) is 5.26. The van der Waals surface area contributed by atoms with Crippen LogP contribution in [0.2, 0.25) is 0 Å². The third-order valence-electron chi connectivity index (χ3n) is 7.28. The predicted molar refractivity (Wildman–Crippen MR) is 156 cm³/mol. The number of nitrogens with two attached hydrogens (primary N) is 2. The first-order valence-corrected chi connectivity index (χ1v) is 18.2. The molecule has 0 radical (unpaired) electrons. The molecule has 0 amide bonds. The molecular formula is C20H23FN10O10P2S2. The van der Waals surface area contributed by atoms with Crippen LogP contribution in [0.4, 0.5) is 16.2 Å². The molecule has 3 unspecified atom stereocenters. The summed E-state index contributed by atoms with van der Waals surface area (Å²) < 4.78 is 65.8. The van der Waals surface area contributed by atoms with Gasteiger partial charge in [0.2, 0.25) is 5.95 Å². The first kappa shape index (κ1) is 31.0. The van der Waals surface area contributed by atoms with Crippen LogP contribution >= 0.6 is 25.8 Å². The van der Waals surface area contributed by atoms with Gasteiger partial charge in [0, 0.05) is 0 Å². The second-order valence-electron chi connectivity index (χ2n) is 10.1. The summed E-state index contributed by atoms with van der Waals surface area (Å²) in [7, 11) is 0. The van der Waals surface area contributed by atoms with Crippen molar-refractivity contribution in [3.8, 4) is 0 Å². The molecule has 3 saturated heterocycles. The topological polar surface area (TPSA) is 272 Å². The van der Waals surface area contributed by atoms with E-state index in [0.717, 1.165) is 10.9 Å². The lowest BCUT2D eigenvalue weighted by atomic mass is 10.1. The number of nitrogen functional groups attached to an aromatic ring is 2. The zero-order valence-electron chi connectivity index (χ0n) is 22.3. The van der Waals surface area contributed by atoms with Gasteiger partial charge >= 0.3 is 13.5 Å². The van der Waals surface area contributed by atoms with Crippen LogP contribution in [-0.2, 0) is 43.9 Å². The highest BCUT2D eigenvalue weighted by molar-refractivity contribution is 8.44. The summed E-state index contributed by atoms with van der Waals surface area (Å²) in [6, 6.07) is 0. The number of hydrogen-bond donors (Lipinski definition) is 6. The van der Waals surface area contributed by atoms with E-state index in [0.29, 0.717) is 0 Å². The van der Waals surface area contributed by atoms with Crippen molar-refractivity contribution in [2.75, 3.05) is 24.7 Å². The number of imidazole rings is 2. The molecule has 3 aliphatic heterocycles. The molecule has 242 valence electrons. The molecule has 3 fully saturated rings. The van der Waals surface area contributed by atoms with E-state index in [-0.39, 0.29) is 34.1 Å². The lowest BCUT2D eigenvalue weighted by molar-refractivity contribution is -0.0587. The third-order valence-corrected chi connectivity index (χ3v) is 10.5. The summed E-state index contributed by atoms with van der Waals surface area (Å²) in [6.07, 6.45) is -8.53. The number of aliphatic hydroxyl groups is 1. The number of anilines is 2. The van der Waals surface area contributed by atoms with Crippen LogP contribution in [0.25, 0.3) is 22.3 Å². The normalized spacial score (nSPS) is 37.7. The average Bonchev–Trinajstić information content (AvgIpc) is 3.72. The Labute approximate surface area is 260 Å². The monoisotopic (exact) mass is 708 g/mol. The standard InChI is InChI=1S/C20H23FN10O10P2S2/c21-8-12-7(39-18(8)31-5-27-10-16(31)28-20(23)29-17(10)33)2-37-43(35,45)41-13-11(32)6(1-36-42(34,44)40-12)38-19(13)30-4-26-9-14(22)24-3-25-15(9)30/h3-8,11-13,18-19,32H,1-2H2,(H,34,44)(H,35,45)(H2,22,24,25)(H3,23,28,29,33)/t6-,7?,8-,11-,12-,13-,18-,19-,42?,43?/m1/s1. The van der Waals surface area contributed by atoms with Crippen molar-refractivity contribution >= 4 is 71.7 Å². The van der Waals surface area contributed by atoms with E-state index in [1.54, 1.807) is 0 Å². The number of nitrogens with one attached hydrogen (secondary N) is 1. The van der Waals surface area contributed by atoms with Crippen LogP contribution in [0.15, 0.2) is 23.8 Å². The lowest BCUT2D eigenvalue weighted by Crippen LogP contribution is -2.35. The van der Waals surface area contributed by atoms with Gasteiger partial charge in [-0.15, -0.1) is 0 Å². The number of aromatic amines is 1. The Hall–Kier alpha value is -2.66. The van der Waals surface area contributed by atoms with Crippen LogP contribution in [0, 0.1) is 0 Å². The molecule has 10 atom stereocenters. The summed E-state index contributed by atoms with van der Waals surface area (Å²) in [6.45, 7) is -9.90. The van der Waals surface area contributed by atoms with E-state index < -0.39 is 81.4 Å². The van der Waals surface area contributed by atoms with Crippen molar-refractivity contribution in [2.45, 2.75) is 49.1 Å². The van der Waals surface area contributed by atoms with Gasteiger partial charge in [-0.05, 0) is 11.8 Å². The molecule has 4 aromatic heterocycles. The smallest absolute Gasteiger partial charge is 0.386 e. The minimum atomic E-state index is -4.41. The molecule has 7 rings (SSSR count). The van der Waals surface area contributed by atoms with Gasteiger partial charge in [0.05, 0.1) is 25.9 Å². The first-order chi connectivity index (χ1) is 21.3. The van der Waals surface area contributed by atoms with Crippen molar-refractivity contribution in [2.24, 2.45) is 0 Å². The molecule has 20 nitrogen and oxygen atoms in total. The molecule has 2 bridgehead atoms. The number of nitrogens with zero attached hydrogens (tertiary/aromatic N) is 7. The Balaban J connectivity index is 1.21. The van der Waals surface area contributed by atoms with E-state index in [4.69, 9.17) is 50.8 Å². The van der Waals surface area contributed by atoms with Gasteiger partial charge in [-0.1, -0.05) is 12.2 Å². The van der Waals surface area contributed by atoms with Crippen molar-refractivity contribution in [1.82, 2.24) is 39.0 Å². The summed E-state index contributed by atoms with van der Waals surface area (Å²) in [4.78, 5) is 45.8. The minimum absolute atomic E-state index is 0.0749. The zero-order valence-corrected chi connectivity index (χ0v) is 25.8. The maximum atomic E-state index is 16.0. The quantitative estimate of drug-likeness (QED) is 0.115. The predicted octanol–water partition coefficient (Wildman–Crippen LogP) is -0.310. The van der Waals surface area contributed by atoms with Gasteiger partial charge in [0.25, 0.3) is 5.56 Å². The van der Waals surface area contributed by atoms with E-state index in [9.17, 15) is 19.4 Å². The number of alkyl halides is 1. The van der Waals surface area contributed by atoms with Crippen molar-refractivity contribution in [3.63, 3.8) is 0 Å². The molecule has 7 N–H and O–H groups in total. The van der Waals surface area contributed by atoms with Crippen LogP contribution < -0.4 is 17.0 Å². The zero-order chi connectivity index (χ0) is 31.8. The maximum Gasteiger partial charge on any atom is 0.386 e. The number of H-pyrrole nitrogens is 1. The number of ether oxygens (including phenoxy) is 2. The number of thiol groups is 1. The third kappa shape index (κ3) is 5.55. The highest BCUT2D eigenvalue weighted by Crippen LogP contribution is 2.58. The van der Waals surface area contributed by atoms with Crippen LogP contribution in [0.5, 0.6) is 0 Å². The Bertz CT molecular complexity index is 1950. The number of aliphatic hydroxyl groups excluding tert-OH is 1. The Morgan fingerprint density at radius 3 is 2.47 bits per heavy atom.